The Kier molecular flexibility index (Phi) is 7.57. The van der Waals surface area contributed by atoms with Crippen LogP contribution in [0.25, 0.3) is 0 Å². The van der Waals surface area contributed by atoms with Gasteiger partial charge in [-0.05, 0) is 60.4 Å². The van der Waals surface area contributed by atoms with E-state index in [1.807, 2.05) is 0 Å². The second-order valence-corrected chi connectivity index (χ2v) is 9.68. The van der Waals surface area contributed by atoms with E-state index in [0.717, 1.165) is 44.0 Å². The Morgan fingerprint density at radius 3 is 2.79 bits per heavy atom. The third kappa shape index (κ3) is 5.83. The number of nitrogens with one attached hydrogen (secondary N) is 4. The van der Waals surface area contributed by atoms with Crippen molar-refractivity contribution in [3.8, 4) is 0 Å². The van der Waals surface area contributed by atoms with E-state index in [-0.39, 0.29) is 5.13 Å². The van der Waals surface area contributed by atoms with Gasteiger partial charge in [0, 0.05) is 35.1 Å². The van der Waals surface area contributed by atoms with Crippen LogP contribution >= 0.6 is 27.5 Å². The van der Waals surface area contributed by atoms with E-state index in [1.54, 1.807) is 0 Å². The highest BCUT2D eigenvalue weighted by Crippen LogP contribution is 2.29. The van der Waals surface area contributed by atoms with Crippen molar-refractivity contribution in [2.24, 2.45) is 0 Å². The van der Waals surface area contributed by atoms with Gasteiger partial charge in [-0.2, -0.15) is 4.37 Å². The van der Waals surface area contributed by atoms with Gasteiger partial charge < -0.3 is 16.0 Å². The molecule has 1 fully saturated rings. The van der Waals surface area contributed by atoms with E-state index in [0.29, 0.717) is 22.7 Å². The van der Waals surface area contributed by atoms with E-state index in [1.165, 1.54) is 24.9 Å². The number of anilines is 2. The minimum atomic E-state index is -4.08. The lowest BCUT2D eigenvalue weighted by atomic mass is 10.1. The molecule has 0 amide bonds. The average molecular weight is 493 g/mol. The maximum atomic E-state index is 14.4. The molecule has 0 aliphatic carbocycles. The fourth-order valence-corrected chi connectivity index (χ4v) is 5.04. The second kappa shape index (κ2) is 9.92. The van der Waals surface area contributed by atoms with Crippen LogP contribution in [0.1, 0.15) is 19.3 Å². The molecule has 8 nitrogen and oxygen atoms in total. The Balaban J connectivity index is 1.48. The molecular weight excluding hydrogens is 471 g/mol. The maximum absolute atomic E-state index is 14.4. The van der Waals surface area contributed by atoms with Crippen LogP contribution in [0.2, 0.25) is 0 Å². The zero-order valence-corrected chi connectivity index (χ0v) is 18.3. The third-order valence-corrected chi connectivity index (χ3v) is 7.03. The molecule has 0 spiro atoms. The standard InChI is InChI=1S/C16H22BrFN6O2S2/c17-12-7-15(28(25,26)24-16-22-10-23-27-16)13(18)8-14(12)21-5-2-1-4-19-9-11-3-6-20-11/h7-8,10-11,19-21H,1-6,9H2,(H,22,23,24)/t11-/m1/s1. The minimum Gasteiger partial charge on any atom is -0.384 e. The highest BCUT2D eigenvalue weighted by atomic mass is 79.9. The van der Waals surface area contributed by atoms with Crippen molar-refractivity contribution in [3.05, 3.63) is 28.7 Å². The Hall–Kier alpha value is -1.34. The summed E-state index contributed by atoms with van der Waals surface area (Å²) in [6, 6.07) is 3.03. The summed E-state index contributed by atoms with van der Waals surface area (Å²) in [5, 5.41) is 9.97. The smallest absolute Gasteiger partial charge is 0.266 e. The first kappa shape index (κ1) is 21.4. The molecule has 1 atom stereocenters. The molecule has 154 valence electrons. The van der Waals surface area contributed by atoms with Gasteiger partial charge in [0.2, 0.25) is 5.13 Å². The number of sulfonamides is 1. The monoisotopic (exact) mass is 492 g/mol. The van der Waals surface area contributed by atoms with E-state index in [4.69, 9.17) is 0 Å². The van der Waals surface area contributed by atoms with Crippen molar-refractivity contribution in [1.29, 1.82) is 0 Å². The van der Waals surface area contributed by atoms with Gasteiger partial charge >= 0.3 is 0 Å². The molecular formula is C16H22BrFN6O2S2. The molecule has 1 aliphatic heterocycles. The number of hydrogen-bond acceptors (Lipinski definition) is 8. The Morgan fingerprint density at radius 2 is 2.11 bits per heavy atom. The van der Waals surface area contributed by atoms with Gasteiger partial charge in [0.05, 0.1) is 5.69 Å². The van der Waals surface area contributed by atoms with Crippen LogP contribution in [0.4, 0.5) is 15.2 Å². The average Bonchev–Trinajstić information content (AvgIpc) is 3.10. The molecule has 28 heavy (non-hydrogen) atoms. The molecule has 1 aromatic heterocycles. The molecule has 0 bridgehead atoms. The summed E-state index contributed by atoms with van der Waals surface area (Å²) < 4.78 is 45.5. The summed E-state index contributed by atoms with van der Waals surface area (Å²) in [5.41, 5.74) is 0.513. The molecule has 2 aromatic rings. The largest absolute Gasteiger partial charge is 0.384 e. The van der Waals surface area contributed by atoms with Crippen LogP contribution in [-0.2, 0) is 10.0 Å². The first-order valence-corrected chi connectivity index (χ1v) is 12.0. The van der Waals surface area contributed by atoms with Crippen molar-refractivity contribution < 1.29 is 12.8 Å². The number of nitrogens with zero attached hydrogens (tertiary/aromatic N) is 2. The van der Waals surface area contributed by atoms with Crippen LogP contribution in [0.5, 0.6) is 0 Å². The van der Waals surface area contributed by atoms with Gasteiger partial charge in [-0.3, -0.25) is 4.72 Å². The van der Waals surface area contributed by atoms with Crippen LogP contribution < -0.4 is 20.7 Å². The third-order valence-electron chi connectivity index (χ3n) is 4.31. The summed E-state index contributed by atoms with van der Waals surface area (Å²) in [7, 11) is -4.08. The number of hydrogen-bond donors (Lipinski definition) is 4. The molecule has 2 heterocycles. The number of halogens is 2. The quantitative estimate of drug-likeness (QED) is 0.356. The van der Waals surface area contributed by atoms with E-state index < -0.39 is 20.7 Å². The Bertz CT molecular complexity index is 878. The lowest BCUT2D eigenvalue weighted by Crippen LogP contribution is -2.49. The predicted molar refractivity (Wildman–Crippen MR) is 112 cm³/mol. The molecule has 12 heteroatoms. The number of rotatable bonds is 11. The van der Waals surface area contributed by atoms with Gasteiger partial charge in [0.25, 0.3) is 10.0 Å². The topological polar surface area (TPSA) is 108 Å². The van der Waals surface area contributed by atoms with Gasteiger partial charge in [0.1, 0.15) is 17.0 Å². The highest BCUT2D eigenvalue weighted by molar-refractivity contribution is 9.10. The highest BCUT2D eigenvalue weighted by Gasteiger charge is 2.22. The zero-order valence-electron chi connectivity index (χ0n) is 15.0. The van der Waals surface area contributed by atoms with Crippen LogP contribution in [-0.4, -0.2) is 50.0 Å². The summed E-state index contributed by atoms with van der Waals surface area (Å²) in [6.45, 7) is 3.70. The lowest BCUT2D eigenvalue weighted by molar-refractivity contribution is 0.353. The maximum Gasteiger partial charge on any atom is 0.266 e. The van der Waals surface area contributed by atoms with Crippen molar-refractivity contribution in [1.82, 2.24) is 20.0 Å². The van der Waals surface area contributed by atoms with Crippen molar-refractivity contribution >= 4 is 48.3 Å². The van der Waals surface area contributed by atoms with E-state index >= 15 is 0 Å². The molecule has 0 unspecified atom stereocenters. The van der Waals surface area contributed by atoms with Gasteiger partial charge in [-0.15, -0.1) is 0 Å². The molecule has 0 saturated carbocycles. The Labute approximate surface area is 176 Å². The molecule has 1 saturated heterocycles. The number of benzene rings is 1. The first-order chi connectivity index (χ1) is 13.5. The number of unbranched alkanes of at least 4 members (excludes halogenated alkanes) is 1. The Morgan fingerprint density at radius 1 is 1.32 bits per heavy atom. The SMILES string of the molecule is O=S(=O)(Nc1ncns1)c1cc(Br)c(NCCCCNC[C@H]2CCN2)cc1F. The summed E-state index contributed by atoms with van der Waals surface area (Å²) in [5.74, 6) is -0.836. The molecule has 4 N–H and O–H groups in total. The summed E-state index contributed by atoms with van der Waals surface area (Å²) in [4.78, 5) is 3.30. The van der Waals surface area contributed by atoms with Crippen molar-refractivity contribution in [3.63, 3.8) is 0 Å². The normalized spacial score (nSPS) is 16.6. The summed E-state index contributed by atoms with van der Waals surface area (Å²) >= 11 is 4.19. The molecule has 3 rings (SSSR count). The fraction of sp³-hybridized carbons (Fsp3) is 0.500. The van der Waals surface area contributed by atoms with Gasteiger partial charge in [-0.1, -0.05) is 0 Å². The summed E-state index contributed by atoms with van der Waals surface area (Å²) in [6.07, 6.45) is 4.37. The van der Waals surface area contributed by atoms with Gasteiger partial charge in [-0.25, -0.2) is 17.8 Å². The molecule has 0 radical (unpaired) electrons. The zero-order chi connectivity index (χ0) is 20.0. The van der Waals surface area contributed by atoms with Crippen LogP contribution in [0.3, 0.4) is 0 Å². The molecule has 1 aliphatic rings. The van der Waals surface area contributed by atoms with Crippen molar-refractivity contribution in [2.75, 3.05) is 36.2 Å². The second-order valence-electron chi connectivity index (χ2n) is 6.39. The van der Waals surface area contributed by atoms with Crippen LogP contribution in [0.15, 0.2) is 27.8 Å². The van der Waals surface area contributed by atoms with E-state index in [2.05, 4.69) is 46.0 Å². The van der Waals surface area contributed by atoms with Crippen molar-refractivity contribution in [2.45, 2.75) is 30.2 Å². The molecule has 1 aromatic carbocycles. The minimum absolute atomic E-state index is 0.0828. The fourth-order valence-electron chi connectivity index (χ4n) is 2.66. The predicted octanol–water partition coefficient (Wildman–Crippen LogP) is 2.38. The lowest BCUT2D eigenvalue weighted by Gasteiger charge is -2.27. The van der Waals surface area contributed by atoms with Gasteiger partial charge in [0.15, 0.2) is 0 Å². The van der Waals surface area contributed by atoms with Crippen LogP contribution in [0, 0.1) is 5.82 Å². The van der Waals surface area contributed by atoms with E-state index in [9.17, 15) is 12.8 Å². The first-order valence-electron chi connectivity index (χ1n) is 8.92. The number of aromatic nitrogens is 2.